The van der Waals surface area contributed by atoms with Gasteiger partial charge in [0.1, 0.15) is 11.2 Å². The van der Waals surface area contributed by atoms with Gasteiger partial charge in [-0.3, -0.25) is 0 Å². The molecule has 10 aromatic rings. The van der Waals surface area contributed by atoms with Gasteiger partial charge in [0, 0.05) is 39.1 Å². The molecule has 1 unspecified atom stereocenters. The predicted octanol–water partition coefficient (Wildman–Crippen LogP) is 15.2. The van der Waals surface area contributed by atoms with Crippen molar-refractivity contribution in [3.05, 3.63) is 217 Å². The molecule has 1 atom stereocenters. The van der Waals surface area contributed by atoms with Crippen LogP contribution in [0, 0.1) is 0 Å². The molecule has 0 spiro atoms. The Morgan fingerprint density at radius 1 is 0.446 bits per heavy atom. The molecule has 0 saturated heterocycles. The van der Waals surface area contributed by atoms with Crippen LogP contribution >= 0.6 is 0 Å². The summed E-state index contributed by atoms with van der Waals surface area (Å²) in [6.07, 6.45) is 5.55. The average Bonchev–Trinajstić information content (AvgIpc) is 3.65. The van der Waals surface area contributed by atoms with E-state index in [2.05, 4.69) is 211 Å². The van der Waals surface area contributed by atoms with Gasteiger partial charge in [0.25, 0.3) is 0 Å². The zero-order valence-electron chi connectivity index (χ0n) is 30.8. The Morgan fingerprint density at radius 2 is 1.09 bits per heavy atom. The second-order valence-corrected chi connectivity index (χ2v) is 14.8. The van der Waals surface area contributed by atoms with Gasteiger partial charge in [-0.2, -0.15) is 0 Å². The molecule has 11 rings (SSSR count). The fraction of sp³-hybridized carbons (Fsp3) is 0.0370. The summed E-state index contributed by atoms with van der Waals surface area (Å²) in [5, 5.41) is 7.14. The molecule has 0 radical (unpaired) electrons. The van der Waals surface area contributed by atoms with Crippen LogP contribution in [0.3, 0.4) is 0 Å². The molecule has 0 N–H and O–H groups in total. The summed E-state index contributed by atoms with van der Waals surface area (Å²) in [7, 11) is 0. The quantitative estimate of drug-likeness (QED) is 0.170. The van der Waals surface area contributed by atoms with Crippen LogP contribution in [0.2, 0.25) is 0 Å². The van der Waals surface area contributed by atoms with Crippen LogP contribution < -0.4 is 4.90 Å². The standard InChI is InChI=1S/C54H37NO/c1-2-16-41(17-3-1)55(42-29-24-38(25-30-42)46-22-10-14-36-12-4-6-18-44(36)46)43-31-26-39(27-32-43)50-35-52-51-34-40(47-23-11-15-37-13-5-7-19-45(37)47)28-33-53(51)56-54(52)49-21-9-8-20-48(49)50/h1-22,24-35,47H,23H2. The molecule has 1 heterocycles. The number of nitrogens with zero attached hydrogens (tertiary/aromatic N) is 1. The zero-order valence-corrected chi connectivity index (χ0v) is 30.8. The Kier molecular flexibility index (Phi) is 7.67. The van der Waals surface area contributed by atoms with E-state index in [1.54, 1.807) is 0 Å². The van der Waals surface area contributed by atoms with E-state index in [0.717, 1.165) is 50.8 Å². The molecule has 0 aliphatic heterocycles. The van der Waals surface area contributed by atoms with Crippen molar-refractivity contribution in [2.24, 2.45) is 0 Å². The second-order valence-electron chi connectivity index (χ2n) is 14.8. The number of allylic oxidation sites excluding steroid dienone is 1. The Labute approximate surface area is 326 Å². The Bertz CT molecular complexity index is 3090. The molecule has 2 heteroatoms. The summed E-state index contributed by atoms with van der Waals surface area (Å²) >= 11 is 0. The van der Waals surface area contributed by atoms with Crippen molar-refractivity contribution >= 4 is 66.6 Å². The van der Waals surface area contributed by atoms with Crippen LogP contribution in [-0.2, 0) is 0 Å². The van der Waals surface area contributed by atoms with E-state index in [0.29, 0.717) is 5.92 Å². The molecule has 1 aromatic heterocycles. The predicted molar refractivity (Wildman–Crippen MR) is 236 cm³/mol. The van der Waals surface area contributed by atoms with Gasteiger partial charge in [-0.1, -0.05) is 152 Å². The Balaban J connectivity index is 0.998. The van der Waals surface area contributed by atoms with Crippen molar-refractivity contribution in [3.8, 4) is 22.3 Å². The van der Waals surface area contributed by atoms with E-state index in [1.165, 1.54) is 55.1 Å². The molecule has 1 aliphatic carbocycles. The summed E-state index contributed by atoms with van der Waals surface area (Å²) in [4.78, 5) is 2.33. The second kappa shape index (κ2) is 13.3. The molecule has 9 aromatic carbocycles. The number of furan rings is 1. The highest BCUT2D eigenvalue weighted by Gasteiger charge is 2.21. The highest BCUT2D eigenvalue weighted by atomic mass is 16.3. The topological polar surface area (TPSA) is 16.4 Å². The highest BCUT2D eigenvalue weighted by molar-refractivity contribution is 6.19. The molecular formula is C54H37NO. The van der Waals surface area contributed by atoms with Crippen molar-refractivity contribution in [3.63, 3.8) is 0 Å². The Morgan fingerprint density at radius 3 is 1.89 bits per heavy atom. The zero-order chi connectivity index (χ0) is 37.0. The van der Waals surface area contributed by atoms with Gasteiger partial charge in [0.2, 0.25) is 0 Å². The van der Waals surface area contributed by atoms with Gasteiger partial charge in [0.05, 0.1) is 0 Å². The maximum Gasteiger partial charge on any atom is 0.143 e. The minimum atomic E-state index is 0.319. The molecule has 1 aliphatic rings. The maximum absolute atomic E-state index is 6.65. The number of benzene rings is 9. The summed E-state index contributed by atoms with van der Waals surface area (Å²) < 4.78 is 6.65. The van der Waals surface area contributed by atoms with E-state index in [9.17, 15) is 0 Å². The fourth-order valence-corrected chi connectivity index (χ4v) is 8.91. The van der Waals surface area contributed by atoms with Crippen LogP contribution in [0.25, 0.3) is 71.8 Å². The lowest BCUT2D eigenvalue weighted by Crippen LogP contribution is -2.09. The third kappa shape index (κ3) is 5.41. The van der Waals surface area contributed by atoms with Crippen LogP contribution in [0.4, 0.5) is 17.1 Å². The van der Waals surface area contributed by atoms with Gasteiger partial charge in [-0.15, -0.1) is 0 Å². The molecule has 0 bridgehead atoms. The number of hydrogen-bond acceptors (Lipinski definition) is 2. The van der Waals surface area contributed by atoms with Crippen LogP contribution in [0.1, 0.15) is 29.0 Å². The first kappa shape index (κ1) is 32.3. The number of rotatable bonds is 6. The molecule has 0 saturated carbocycles. The summed E-state index contributed by atoms with van der Waals surface area (Å²) in [6.45, 7) is 0. The van der Waals surface area contributed by atoms with Gasteiger partial charge in [0.15, 0.2) is 0 Å². The van der Waals surface area contributed by atoms with Gasteiger partial charge in [-0.05, 0) is 116 Å². The van der Waals surface area contributed by atoms with E-state index < -0.39 is 0 Å². The lowest BCUT2D eigenvalue weighted by molar-refractivity contribution is 0.672. The number of fused-ring (bicyclic) bond motifs is 7. The first-order chi connectivity index (χ1) is 27.8. The number of para-hydroxylation sites is 1. The van der Waals surface area contributed by atoms with E-state index in [1.807, 2.05) is 0 Å². The molecule has 56 heavy (non-hydrogen) atoms. The van der Waals surface area contributed by atoms with Crippen molar-refractivity contribution in [1.29, 1.82) is 0 Å². The number of anilines is 3. The maximum atomic E-state index is 6.65. The smallest absolute Gasteiger partial charge is 0.143 e. The fourth-order valence-electron chi connectivity index (χ4n) is 8.91. The van der Waals surface area contributed by atoms with Crippen LogP contribution in [0.5, 0.6) is 0 Å². The lowest BCUT2D eigenvalue weighted by atomic mass is 9.82. The van der Waals surface area contributed by atoms with Crippen molar-refractivity contribution in [2.45, 2.75) is 12.3 Å². The van der Waals surface area contributed by atoms with Gasteiger partial charge >= 0.3 is 0 Å². The largest absolute Gasteiger partial charge is 0.455 e. The molecule has 0 amide bonds. The van der Waals surface area contributed by atoms with E-state index in [4.69, 9.17) is 4.42 Å². The molecule has 2 nitrogen and oxygen atoms in total. The minimum Gasteiger partial charge on any atom is -0.455 e. The SMILES string of the molecule is C1=Cc2ccccc2C(c2ccc3oc4c5ccccc5c(-c5ccc(N(c6ccccc6)c6ccc(-c7cccc8ccccc78)cc6)cc5)cc4c3c2)C1. The summed E-state index contributed by atoms with van der Waals surface area (Å²) in [6, 6.07) is 70.3. The summed E-state index contributed by atoms with van der Waals surface area (Å²) in [5.74, 6) is 0.319. The first-order valence-corrected chi connectivity index (χ1v) is 19.4. The van der Waals surface area contributed by atoms with E-state index >= 15 is 0 Å². The van der Waals surface area contributed by atoms with Crippen LogP contribution in [0.15, 0.2) is 205 Å². The van der Waals surface area contributed by atoms with Crippen molar-refractivity contribution in [1.82, 2.24) is 0 Å². The van der Waals surface area contributed by atoms with Crippen molar-refractivity contribution < 1.29 is 4.42 Å². The molecule has 0 fully saturated rings. The lowest BCUT2D eigenvalue weighted by Gasteiger charge is -2.26. The summed E-state index contributed by atoms with van der Waals surface area (Å²) in [5.41, 5.74) is 14.0. The Hall–Kier alpha value is -7.16. The third-order valence-corrected chi connectivity index (χ3v) is 11.6. The number of hydrogen-bond donors (Lipinski definition) is 0. The molecule has 264 valence electrons. The van der Waals surface area contributed by atoms with Crippen molar-refractivity contribution in [2.75, 3.05) is 4.90 Å². The minimum absolute atomic E-state index is 0.319. The van der Waals surface area contributed by atoms with Crippen LogP contribution in [-0.4, -0.2) is 0 Å². The molecular weight excluding hydrogens is 679 g/mol. The highest BCUT2D eigenvalue weighted by Crippen LogP contribution is 2.44. The first-order valence-electron chi connectivity index (χ1n) is 19.4. The van der Waals surface area contributed by atoms with Gasteiger partial charge < -0.3 is 9.32 Å². The third-order valence-electron chi connectivity index (χ3n) is 11.6. The monoisotopic (exact) mass is 715 g/mol. The van der Waals surface area contributed by atoms with E-state index in [-0.39, 0.29) is 0 Å². The van der Waals surface area contributed by atoms with Gasteiger partial charge in [-0.25, -0.2) is 0 Å². The normalized spacial score (nSPS) is 13.8. The average molecular weight is 716 g/mol.